The van der Waals surface area contributed by atoms with Crippen molar-refractivity contribution in [3.63, 3.8) is 0 Å². The fourth-order valence-corrected chi connectivity index (χ4v) is 4.00. The molecular formula is C24H37N3O7. The van der Waals surface area contributed by atoms with Crippen LogP contribution in [0.4, 0.5) is 4.79 Å². The zero-order valence-electron chi connectivity index (χ0n) is 20.1. The zero-order valence-corrected chi connectivity index (χ0v) is 20.1. The Morgan fingerprint density at radius 2 is 1.82 bits per heavy atom. The molecule has 2 atom stereocenters. The maximum Gasteiger partial charge on any atom is 0.408 e. The molecule has 0 aromatic heterocycles. The molecule has 1 aliphatic rings. The fraction of sp³-hybridized carbons (Fsp3) is 0.625. The van der Waals surface area contributed by atoms with E-state index in [0.29, 0.717) is 5.56 Å². The summed E-state index contributed by atoms with van der Waals surface area (Å²) in [5.74, 6) is -1.32. The van der Waals surface area contributed by atoms with Gasteiger partial charge in [-0.15, -0.1) is 0 Å². The van der Waals surface area contributed by atoms with Crippen LogP contribution in [0.25, 0.3) is 0 Å². The summed E-state index contributed by atoms with van der Waals surface area (Å²) in [5, 5.41) is 34.8. The van der Waals surface area contributed by atoms with E-state index in [4.69, 9.17) is 4.74 Å². The number of nitrogens with one attached hydrogen (secondary N) is 2. The van der Waals surface area contributed by atoms with Crippen LogP contribution in [0.3, 0.4) is 0 Å². The molecule has 10 heteroatoms. The van der Waals surface area contributed by atoms with Gasteiger partial charge in [0, 0.05) is 12.6 Å². The molecule has 1 saturated carbocycles. The molecule has 2 unspecified atom stereocenters. The summed E-state index contributed by atoms with van der Waals surface area (Å²) in [6.07, 6.45) is 3.84. The van der Waals surface area contributed by atoms with Gasteiger partial charge in [0.25, 0.3) is 0 Å². The van der Waals surface area contributed by atoms with Crippen molar-refractivity contribution in [3.8, 4) is 5.75 Å². The smallest absolute Gasteiger partial charge is 0.408 e. The molecular weight excluding hydrogens is 442 g/mol. The van der Waals surface area contributed by atoms with E-state index in [1.54, 1.807) is 32.9 Å². The molecule has 1 fully saturated rings. The average molecular weight is 480 g/mol. The predicted molar refractivity (Wildman–Crippen MR) is 125 cm³/mol. The molecule has 0 radical (unpaired) electrons. The van der Waals surface area contributed by atoms with Crippen molar-refractivity contribution < 1.29 is 34.4 Å². The summed E-state index contributed by atoms with van der Waals surface area (Å²) in [6, 6.07) is 3.33. The van der Waals surface area contributed by atoms with E-state index in [2.05, 4.69) is 10.6 Å². The first-order chi connectivity index (χ1) is 16.1. The predicted octanol–water partition coefficient (Wildman–Crippen LogP) is 1.59. The number of aliphatic hydroxyl groups excluding tert-OH is 2. The number of ether oxygens (including phenoxy) is 1. The van der Waals surface area contributed by atoms with Crippen molar-refractivity contribution in [2.75, 3.05) is 19.8 Å². The monoisotopic (exact) mass is 479 g/mol. The van der Waals surface area contributed by atoms with Gasteiger partial charge in [-0.05, 0) is 51.3 Å². The number of alkyl carbamates (subject to hydrolysis) is 1. The zero-order chi connectivity index (χ0) is 25.3. The minimum atomic E-state index is -1.40. The van der Waals surface area contributed by atoms with Crippen LogP contribution in [0.15, 0.2) is 24.3 Å². The number of benzene rings is 1. The van der Waals surface area contributed by atoms with Gasteiger partial charge >= 0.3 is 6.09 Å². The average Bonchev–Trinajstić information content (AvgIpc) is 2.76. The summed E-state index contributed by atoms with van der Waals surface area (Å²) < 4.78 is 5.18. The van der Waals surface area contributed by atoms with Crippen LogP contribution in [-0.4, -0.2) is 75.6 Å². The van der Waals surface area contributed by atoms with Crippen LogP contribution < -0.4 is 10.6 Å². The molecule has 2 rings (SSSR count). The molecule has 3 amide bonds. The maximum absolute atomic E-state index is 13.4. The van der Waals surface area contributed by atoms with Gasteiger partial charge < -0.3 is 35.6 Å². The molecule has 190 valence electrons. The second-order valence-electron chi connectivity index (χ2n) is 9.48. The third kappa shape index (κ3) is 8.18. The van der Waals surface area contributed by atoms with Gasteiger partial charge in [0.05, 0.1) is 13.2 Å². The van der Waals surface area contributed by atoms with Gasteiger partial charge in [0.2, 0.25) is 11.8 Å². The van der Waals surface area contributed by atoms with E-state index in [-0.39, 0.29) is 18.3 Å². The highest BCUT2D eigenvalue weighted by atomic mass is 16.6. The van der Waals surface area contributed by atoms with E-state index in [1.807, 2.05) is 0 Å². The van der Waals surface area contributed by atoms with E-state index >= 15 is 0 Å². The van der Waals surface area contributed by atoms with Gasteiger partial charge in [0.1, 0.15) is 23.4 Å². The third-order valence-corrected chi connectivity index (χ3v) is 5.49. The van der Waals surface area contributed by atoms with Crippen LogP contribution in [0.2, 0.25) is 0 Å². The Morgan fingerprint density at radius 3 is 2.38 bits per heavy atom. The normalized spacial score (nSPS) is 16.3. The Hall–Kier alpha value is -2.85. The molecule has 1 aromatic carbocycles. The second-order valence-corrected chi connectivity index (χ2v) is 9.48. The van der Waals surface area contributed by atoms with E-state index in [9.17, 15) is 29.7 Å². The Bertz CT molecular complexity index is 834. The van der Waals surface area contributed by atoms with Crippen molar-refractivity contribution in [1.82, 2.24) is 15.5 Å². The number of amides is 3. The van der Waals surface area contributed by atoms with Crippen molar-refractivity contribution >= 4 is 17.9 Å². The summed E-state index contributed by atoms with van der Waals surface area (Å²) >= 11 is 0. The lowest BCUT2D eigenvalue weighted by Crippen LogP contribution is -2.55. The summed E-state index contributed by atoms with van der Waals surface area (Å²) in [4.78, 5) is 40.1. The van der Waals surface area contributed by atoms with Gasteiger partial charge in [-0.3, -0.25) is 9.59 Å². The van der Waals surface area contributed by atoms with Crippen LogP contribution >= 0.6 is 0 Å². The molecule has 0 bridgehead atoms. The molecule has 0 saturated heterocycles. The third-order valence-electron chi connectivity index (χ3n) is 5.49. The van der Waals surface area contributed by atoms with E-state index < -0.39 is 48.8 Å². The minimum absolute atomic E-state index is 0.0411. The van der Waals surface area contributed by atoms with Crippen LogP contribution in [0, 0.1) is 0 Å². The Balaban J connectivity index is 2.34. The van der Waals surface area contributed by atoms with Crippen LogP contribution in [-0.2, 0) is 14.3 Å². The minimum Gasteiger partial charge on any atom is -0.508 e. The highest BCUT2D eigenvalue weighted by Gasteiger charge is 2.36. The highest BCUT2D eigenvalue weighted by molar-refractivity contribution is 5.92. The molecule has 0 aliphatic heterocycles. The number of nitrogens with zero attached hydrogens (tertiary/aromatic N) is 1. The lowest BCUT2D eigenvalue weighted by molar-refractivity contribution is -0.144. The van der Waals surface area contributed by atoms with E-state index in [0.717, 1.165) is 37.0 Å². The number of aliphatic hydroxyl groups is 2. The lowest BCUT2D eigenvalue weighted by Gasteiger charge is -2.35. The van der Waals surface area contributed by atoms with Crippen molar-refractivity contribution in [2.45, 2.75) is 76.6 Å². The summed E-state index contributed by atoms with van der Waals surface area (Å²) in [5.41, 5.74) is -0.480. The number of aromatic hydroxyl groups is 1. The number of carbonyl (C=O) groups is 3. The highest BCUT2D eigenvalue weighted by Crippen LogP contribution is 2.27. The van der Waals surface area contributed by atoms with Gasteiger partial charge in [-0.1, -0.05) is 31.4 Å². The summed E-state index contributed by atoms with van der Waals surface area (Å²) in [7, 11) is 0. The molecule has 0 spiro atoms. The van der Waals surface area contributed by atoms with Crippen molar-refractivity contribution in [1.29, 1.82) is 0 Å². The molecule has 0 heterocycles. The topological polar surface area (TPSA) is 148 Å². The number of hydrogen-bond acceptors (Lipinski definition) is 7. The van der Waals surface area contributed by atoms with Crippen LogP contribution in [0.1, 0.15) is 64.5 Å². The SMILES string of the molecule is CC(C)(C)OC(=O)NC(CO)C(=O)N(CCO)C(C(=O)NC1CCCCC1)c1cccc(O)c1. The van der Waals surface area contributed by atoms with E-state index in [1.165, 1.54) is 12.1 Å². The van der Waals surface area contributed by atoms with Crippen molar-refractivity contribution in [3.05, 3.63) is 29.8 Å². The fourth-order valence-electron chi connectivity index (χ4n) is 4.00. The molecule has 1 aromatic rings. The quantitative estimate of drug-likeness (QED) is 0.361. The van der Waals surface area contributed by atoms with Gasteiger partial charge in [-0.25, -0.2) is 4.79 Å². The lowest BCUT2D eigenvalue weighted by atomic mass is 9.94. The first-order valence-electron chi connectivity index (χ1n) is 11.7. The molecule has 10 nitrogen and oxygen atoms in total. The van der Waals surface area contributed by atoms with Gasteiger partial charge in [-0.2, -0.15) is 0 Å². The number of rotatable bonds is 9. The standard InChI is InChI=1S/C24H37N3O7/c1-24(2,3)34-23(33)26-19(15-29)22(32)27(12-13-28)20(16-8-7-11-18(30)14-16)21(31)25-17-9-5-4-6-10-17/h7-8,11,14,17,19-20,28-30H,4-6,9-10,12-13,15H2,1-3H3,(H,25,31)(H,26,33). The maximum atomic E-state index is 13.4. The largest absolute Gasteiger partial charge is 0.508 e. The number of phenols is 1. The number of hydrogen-bond donors (Lipinski definition) is 5. The van der Waals surface area contributed by atoms with Crippen molar-refractivity contribution in [2.24, 2.45) is 0 Å². The van der Waals surface area contributed by atoms with Crippen LogP contribution in [0.5, 0.6) is 5.75 Å². The summed E-state index contributed by atoms with van der Waals surface area (Å²) in [6.45, 7) is 3.55. The molecule has 5 N–H and O–H groups in total. The Morgan fingerprint density at radius 1 is 1.15 bits per heavy atom. The Labute approximate surface area is 200 Å². The number of phenolic OH excluding ortho intramolecular Hbond substituents is 1. The molecule has 1 aliphatic carbocycles. The number of carbonyl (C=O) groups excluding carboxylic acids is 3. The van der Waals surface area contributed by atoms with Gasteiger partial charge in [0.15, 0.2) is 0 Å². The molecule has 34 heavy (non-hydrogen) atoms. The first kappa shape index (κ1) is 27.4. The first-order valence-corrected chi connectivity index (χ1v) is 11.7. The second kappa shape index (κ2) is 12.6. The Kier molecular flexibility index (Phi) is 10.1.